The van der Waals surface area contributed by atoms with E-state index < -0.39 is 0 Å². The highest BCUT2D eigenvalue weighted by molar-refractivity contribution is 9.10. The normalized spacial score (nSPS) is 12.5. The predicted molar refractivity (Wildman–Crippen MR) is 83.1 cm³/mol. The molecule has 0 aliphatic carbocycles. The van der Waals surface area contributed by atoms with Gasteiger partial charge in [-0.25, -0.2) is 0 Å². The van der Waals surface area contributed by atoms with Crippen LogP contribution in [0.5, 0.6) is 0 Å². The molecule has 106 valence electrons. The summed E-state index contributed by atoms with van der Waals surface area (Å²) in [6, 6.07) is 8.56. The fourth-order valence-electron chi connectivity index (χ4n) is 1.79. The van der Waals surface area contributed by atoms with E-state index in [0.29, 0.717) is 12.5 Å². The number of halogens is 1. The second kappa shape index (κ2) is 8.33. The Morgan fingerprint density at radius 1 is 1.21 bits per heavy atom. The Balaban J connectivity index is 2.29. The lowest BCUT2D eigenvalue weighted by Crippen LogP contribution is -2.28. The van der Waals surface area contributed by atoms with Gasteiger partial charge in [-0.1, -0.05) is 41.9 Å². The number of hydrogen-bond donors (Lipinski definition) is 2. The van der Waals surface area contributed by atoms with Gasteiger partial charge in [-0.05, 0) is 37.6 Å². The minimum absolute atomic E-state index is 0.0543. The lowest BCUT2D eigenvalue weighted by atomic mass is 10.1. The molecule has 0 saturated carbocycles. The number of hydrogen-bond acceptors (Lipinski definition) is 2. The number of carbonyl (C=O) groups is 1. The van der Waals surface area contributed by atoms with Gasteiger partial charge in [-0.2, -0.15) is 0 Å². The second-order valence-corrected chi connectivity index (χ2v) is 5.97. The molecular weight excluding hydrogens is 304 g/mol. The molecule has 0 spiro atoms. The molecule has 0 aromatic heterocycles. The molecule has 0 heterocycles. The molecule has 1 aromatic rings. The van der Waals surface area contributed by atoms with Gasteiger partial charge in [0.1, 0.15) is 0 Å². The first-order valence-corrected chi connectivity index (χ1v) is 7.56. The predicted octanol–water partition coefficient (Wildman–Crippen LogP) is 3.40. The van der Waals surface area contributed by atoms with E-state index in [9.17, 15) is 4.79 Å². The molecule has 19 heavy (non-hydrogen) atoms. The first-order chi connectivity index (χ1) is 8.99. The van der Waals surface area contributed by atoms with E-state index in [4.69, 9.17) is 0 Å². The summed E-state index contributed by atoms with van der Waals surface area (Å²) < 4.78 is 1.05. The highest BCUT2D eigenvalue weighted by Crippen LogP contribution is 2.16. The van der Waals surface area contributed by atoms with Crippen LogP contribution in [0.3, 0.4) is 0 Å². The van der Waals surface area contributed by atoms with Crippen molar-refractivity contribution in [2.24, 2.45) is 0 Å². The van der Waals surface area contributed by atoms with Crippen LogP contribution in [0.2, 0.25) is 0 Å². The second-order valence-electron chi connectivity index (χ2n) is 5.05. The fraction of sp³-hybridized carbons (Fsp3) is 0.533. The Labute approximate surface area is 124 Å². The summed E-state index contributed by atoms with van der Waals surface area (Å²) in [5.41, 5.74) is 1.12. The quantitative estimate of drug-likeness (QED) is 0.754. The lowest BCUT2D eigenvalue weighted by Gasteiger charge is -2.15. The topological polar surface area (TPSA) is 41.1 Å². The van der Waals surface area contributed by atoms with E-state index >= 15 is 0 Å². The molecular formula is C15H23BrN2O. The van der Waals surface area contributed by atoms with Crippen molar-refractivity contribution in [3.8, 4) is 0 Å². The van der Waals surface area contributed by atoms with Crippen molar-refractivity contribution in [1.82, 2.24) is 10.6 Å². The van der Waals surface area contributed by atoms with Crippen LogP contribution in [0, 0.1) is 0 Å². The highest BCUT2D eigenvalue weighted by atomic mass is 79.9. The SMILES string of the molecule is CC(C)NCCCC(=O)N[C@@H](C)c1ccc(Br)cc1. The summed E-state index contributed by atoms with van der Waals surface area (Å²) in [6.07, 6.45) is 1.44. The van der Waals surface area contributed by atoms with Crippen LogP contribution in [0.1, 0.15) is 45.2 Å². The molecule has 0 aliphatic heterocycles. The van der Waals surface area contributed by atoms with Crippen molar-refractivity contribution in [2.75, 3.05) is 6.54 Å². The summed E-state index contributed by atoms with van der Waals surface area (Å²) in [6.45, 7) is 7.11. The molecule has 2 N–H and O–H groups in total. The molecule has 0 radical (unpaired) electrons. The van der Waals surface area contributed by atoms with Crippen LogP contribution < -0.4 is 10.6 Å². The average molecular weight is 327 g/mol. The molecule has 0 bridgehead atoms. The Morgan fingerprint density at radius 3 is 2.42 bits per heavy atom. The maximum Gasteiger partial charge on any atom is 0.220 e. The first-order valence-electron chi connectivity index (χ1n) is 6.77. The van der Waals surface area contributed by atoms with E-state index in [2.05, 4.69) is 40.4 Å². The van der Waals surface area contributed by atoms with Crippen LogP contribution in [0.25, 0.3) is 0 Å². The van der Waals surface area contributed by atoms with Gasteiger partial charge in [0.25, 0.3) is 0 Å². The summed E-state index contributed by atoms with van der Waals surface area (Å²) in [7, 11) is 0. The van der Waals surface area contributed by atoms with Crippen molar-refractivity contribution in [1.29, 1.82) is 0 Å². The largest absolute Gasteiger partial charge is 0.350 e. The highest BCUT2D eigenvalue weighted by Gasteiger charge is 2.09. The van der Waals surface area contributed by atoms with Crippen molar-refractivity contribution in [2.45, 2.75) is 45.7 Å². The zero-order valence-corrected chi connectivity index (χ0v) is 13.5. The monoisotopic (exact) mass is 326 g/mol. The van der Waals surface area contributed by atoms with Crippen LogP contribution in [-0.2, 0) is 4.79 Å². The molecule has 4 heteroatoms. The average Bonchev–Trinajstić information content (AvgIpc) is 2.35. The van der Waals surface area contributed by atoms with Gasteiger partial charge in [0, 0.05) is 16.9 Å². The molecule has 1 aromatic carbocycles. The van der Waals surface area contributed by atoms with E-state index in [1.807, 2.05) is 31.2 Å². The smallest absolute Gasteiger partial charge is 0.220 e. The molecule has 0 saturated heterocycles. The zero-order chi connectivity index (χ0) is 14.3. The summed E-state index contributed by atoms with van der Waals surface area (Å²) >= 11 is 3.40. The van der Waals surface area contributed by atoms with Gasteiger partial charge in [-0.3, -0.25) is 4.79 Å². The standard InChI is InChI=1S/C15H23BrN2O/c1-11(2)17-10-4-5-15(19)18-12(3)13-6-8-14(16)9-7-13/h6-9,11-12,17H,4-5,10H2,1-3H3,(H,18,19)/t12-/m0/s1. The molecule has 0 fully saturated rings. The number of benzene rings is 1. The number of carbonyl (C=O) groups excluding carboxylic acids is 1. The summed E-state index contributed by atoms with van der Waals surface area (Å²) in [5, 5.41) is 6.33. The van der Waals surface area contributed by atoms with Gasteiger partial charge in [0.05, 0.1) is 6.04 Å². The van der Waals surface area contributed by atoms with Crippen molar-refractivity contribution in [3.05, 3.63) is 34.3 Å². The zero-order valence-electron chi connectivity index (χ0n) is 11.9. The summed E-state index contributed by atoms with van der Waals surface area (Å²) in [4.78, 5) is 11.8. The number of amides is 1. The van der Waals surface area contributed by atoms with Gasteiger partial charge < -0.3 is 10.6 Å². The van der Waals surface area contributed by atoms with Crippen LogP contribution in [0.15, 0.2) is 28.7 Å². The Hall–Kier alpha value is -0.870. The van der Waals surface area contributed by atoms with Crippen molar-refractivity contribution >= 4 is 21.8 Å². The molecule has 1 atom stereocenters. The molecule has 1 amide bonds. The minimum Gasteiger partial charge on any atom is -0.350 e. The minimum atomic E-state index is 0.0543. The molecule has 0 aliphatic rings. The van der Waals surface area contributed by atoms with Gasteiger partial charge in [0.15, 0.2) is 0 Å². The van der Waals surface area contributed by atoms with Gasteiger partial charge in [-0.15, -0.1) is 0 Å². The van der Waals surface area contributed by atoms with Gasteiger partial charge in [0.2, 0.25) is 5.91 Å². The van der Waals surface area contributed by atoms with Gasteiger partial charge >= 0.3 is 0 Å². The number of rotatable bonds is 7. The van der Waals surface area contributed by atoms with E-state index in [1.165, 1.54) is 0 Å². The van der Waals surface area contributed by atoms with Crippen molar-refractivity contribution < 1.29 is 4.79 Å². The van der Waals surface area contributed by atoms with Crippen LogP contribution in [0.4, 0.5) is 0 Å². The van der Waals surface area contributed by atoms with Crippen molar-refractivity contribution in [3.63, 3.8) is 0 Å². The van der Waals surface area contributed by atoms with E-state index in [0.717, 1.165) is 23.0 Å². The first kappa shape index (κ1) is 16.2. The van der Waals surface area contributed by atoms with E-state index in [-0.39, 0.29) is 11.9 Å². The fourth-order valence-corrected chi connectivity index (χ4v) is 2.05. The Bertz CT molecular complexity index is 390. The summed E-state index contributed by atoms with van der Waals surface area (Å²) in [5.74, 6) is 0.112. The number of nitrogens with one attached hydrogen (secondary N) is 2. The maximum absolute atomic E-state index is 11.8. The Kier molecular flexibility index (Phi) is 7.10. The third-order valence-electron chi connectivity index (χ3n) is 2.88. The maximum atomic E-state index is 11.8. The van der Waals surface area contributed by atoms with E-state index in [1.54, 1.807) is 0 Å². The third-order valence-corrected chi connectivity index (χ3v) is 3.41. The molecule has 0 unspecified atom stereocenters. The van der Waals surface area contributed by atoms with Crippen LogP contribution in [-0.4, -0.2) is 18.5 Å². The molecule has 3 nitrogen and oxygen atoms in total. The third kappa shape index (κ3) is 6.73. The molecule has 1 rings (SSSR count). The lowest BCUT2D eigenvalue weighted by molar-refractivity contribution is -0.121. The Morgan fingerprint density at radius 2 is 1.84 bits per heavy atom. The van der Waals surface area contributed by atoms with Crippen LogP contribution >= 0.6 is 15.9 Å².